The van der Waals surface area contributed by atoms with Gasteiger partial charge in [-0.05, 0) is 25.7 Å². The molecular formula is C13H20O2. The molecule has 0 bridgehead atoms. The fourth-order valence-corrected chi connectivity index (χ4v) is 2.11. The van der Waals surface area contributed by atoms with E-state index in [9.17, 15) is 4.79 Å². The maximum absolute atomic E-state index is 11.3. The predicted octanol–water partition coefficient (Wildman–Crippen LogP) is 3.24. The zero-order chi connectivity index (χ0) is 11.1. The van der Waals surface area contributed by atoms with Crippen molar-refractivity contribution >= 4 is 5.97 Å². The van der Waals surface area contributed by atoms with Crippen LogP contribution >= 0.6 is 0 Å². The molecule has 1 rings (SSSR count). The smallest absolute Gasteiger partial charge is 0.331 e. The maximum Gasteiger partial charge on any atom is 0.331 e. The highest BCUT2D eigenvalue weighted by Crippen LogP contribution is 2.28. The second-order valence-corrected chi connectivity index (χ2v) is 4.04. The Hall–Kier alpha value is -1.05. The molecule has 0 spiro atoms. The van der Waals surface area contributed by atoms with Crippen LogP contribution in [0.3, 0.4) is 0 Å². The summed E-state index contributed by atoms with van der Waals surface area (Å²) in [6.07, 6.45) is 10.9. The Morgan fingerprint density at radius 1 is 1.40 bits per heavy atom. The van der Waals surface area contributed by atoms with Gasteiger partial charge in [-0.2, -0.15) is 0 Å². The molecule has 1 fully saturated rings. The topological polar surface area (TPSA) is 26.3 Å². The first-order valence-corrected chi connectivity index (χ1v) is 5.73. The molecule has 0 amide bonds. The van der Waals surface area contributed by atoms with E-state index >= 15 is 0 Å². The fraction of sp³-hybridized carbons (Fsp3) is 0.615. The summed E-state index contributed by atoms with van der Waals surface area (Å²) in [6, 6.07) is 0. The normalized spacial score (nSPS) is 20.1. The van der Waals surface area contributed by atoms with E-state index in [1.165, 1.54) is 25.3 Å². The third-order valence-electron chi connectivity index (χ3n) is 2.90. The second kappa shape index (κ2) is 6.44. The van der Waals surface area contributed by atoms with Crippen molar-refractivity contribution in [3.63, 3.8) is 0 Å². The summed E-state index contributed by atoms with van der Waals surface area (Å²) >= 11 is 0. The van der Waals surface area contributed by atoms with Gasteiger partial charge in [0.25, 0.3) is 0 Å². The maximum atomic E-state index is 11.3. The van der Waals surface area contributed by atoms with E-state index in [2.05, 4.69) is 6.58 Å². The van der Waals surface area contributed by atoms with Gasteiger partial charge in [-0.3, -0.25) is 0 Å². The van der Waals surface area contributed by atoms with Gasteiger partial charge >= 0.3 is 5.97 Å². The third-order valence-corrected chi connectivity index (χ3v) is 2.90. The van der Waals surface area contributed by atoms with Gasteiger partial charge in [0.2, 0.25) is 0 Å². The molecule has 0 unspecified atom stereocenters. The number of esters is 1. The van der Waals surface area contributed by atoms with Crippen LogP contribution in [0.1, 0.15) is 39.0 Å². The van der Waals surface area contributed by atoms with Gasteiger partial charge in [0.15, 0.2) is 0 Å². The number of hydrogen-bond donors (Lipinski definition) is 0. The number of rotatable bonds is 4. The zero-order valence-electron chi connectivity index (χ0n) is 9.45. The summed E-state index contributed by atoms with van der Waals surface area (Å²) < 4.78 is 5.34. The van der Waals surface area contributed by atoms with Crippen molar-refractivity contribution in [1.29, 1.82) is 0 Å². The van der Waals surface area contributed by atoms with Crippen LogP contribution in [0.5, 0.6) is 0 Å². The molecule has 0 aromatic rings. The van der Waals surface area contributed by atoms with Gasteiger partial charge in [0, 0.05) is 6.08 Å². The summed E-state index contributed by atoms with van der Waals surface area (Å²) in [5.74, 6) is 0.221. The van der Waals surface area contributed by atoms with Gasteiger partial charge < -0.3 is 4.74 Å². The molecule has 0 heterocycles. The van der Waals surface area contributed by atoms with E-state index in [0.717, 1.165) is 12.8 Å². The Labute approximate surface area is 92.0 Å². The zero-order valence-corrected chi connectivity index (χ0v) is 9.45. The molecule has 84 valence electrons. The van der Waals surface area contributed by atoms with Crippen molar-refractivity contribution in [1.82, 2.24) is 0 Å². The van der Waals surface area contributed by atoms with E-state index in [-0.39, 0.29) is 12.1 Å². The minimum atomic E-state index is -0.257. The van der Waals surface area contributed by atoms with Crippen molar-refractivity contribution in [2.45, 2.75) is 45.1 Å². The quantitative estimate of drug-likeness (QED) is 0.403. The molecule has 0 N–H and O–H groups in total. The van der Waals surface area contributed by atoms with Gasteiger partial charge in [0.05, 0.1) is 0 Å². The summed E-state index contributed by atoms with van der Waals surface area (Å²) in [7, 11) is 0. The Morgan fingerprint density at radius 2 is 2.07 bits per heavy atom. The molecule has 0 aromatic heterocycles. The molecule has 2 heteroatoms. The SMILES string of the molecule is C=C[C@@H](OC(=O)/C=C/C)C1CCCCC1. The van der Waals surface area contributed by atoms with Crippen LogP contribution in [-0.4, -0.2) is 12.1 Å². The highest BCUT2D eigenvalue weighted by Gasteiger charge is 2.23. The monoisotopic (exact) mass is 208 g/mol. The van der Waals surface area contributed by atoms with E-state index < -0.39 is 0 Å². The van der Waals surface area contributed by atoms with Crippen LogP contribution in [0.4, 0.5) is 0 Å². The minimum absolute atomic E-state index is 0.103. The van der Waals surface area contributed by atoms with Gasteiger partial charge in [-0.25, -0.2) is 4.79 Å². The average Bonchev–Trinajstić information content (AvgIpc) is 2.27. The first kappa shape index (κ1) is 12.0. The largest absolute Gasteiger partial charge is 0.455 e. The summed E-state index contributed by atoms with van der Waals surface area (Å²) in [6.45, 7) is 5.56. The Balaban J connectivity index is 2.46. The van der Waals surface area contributed by atoms with Crippen LogP contribution in [-0.2, 0) is 9.53 Å². The van der Waals surface area contributed by atoms with Gasteiger partial charge in [-0.1, -0.05) is 38.0 Å². The van der Waals surface area contributed by atoms with E-state index in [4.69, 9.17) is 4.74 Å². The highest BCUT2D eigenvalue weighted by atomic mass is 16.5. The van der Waals surface area contributed by atoms with Crippen molar-refractivity contribution in [2.75, 3.05) is 0 Å². The number of ether oxygens (including phenoxy) is 1. The van der Waals surface area contributed by atoms with Crippen LogP contribution < -0.4 is 0 Å². The lowest BCUT2D eigenvalue weighted by molar-refractivity contribution is -0.143. The Kier molecular flexibility index (Phi) is 5.16. The van der Waals surface area contributed by atoms with Crippen LogP contribution in [0, 0.1) is 5.92 Å². The number of carbonyl (C=O) groups excluding carboxylic acids is 1. The average molecular weight is 208 g/mol. The first-order chi connectivity index (χ1) is 7.27. The summed E-state index contributed by atoms with van der Waals surface area (Å²) in [5.41, 5.74) is 0. The molecule has 15 heavy (non-hydrogen) atoms. The fourth-order valence-electron chi connectivity index (χ4n) is 2.11. The number of carbonyl (C=O) groups is 1. The molecule has 2 nitrogen and oxygen atoms in total. The lowest BCUT2D eigenvalue weighted by Crippen LogP contribution is -2.26. The standard InChI is InChI=1S/C13H20O2/c1-3-8-13(14)15-12(4-2)11-9-6-5-7-10-11/h3-4,8,11-12H,2,5-7,9-10H2,1H3/b8-3+/t12-/m1/s1. The molecule has 0 aromatic carbocycles. The summed E-state index contributed by atoms with van der Waals surface area (Å²) in [4.78, 5) is 11.3. The van der Waals surface area contributed by atoms with Crippen molar-refractivity contribution in [3.05, 3.63) is 24.8 Å². The molecule has 1 atom stereocenters. The molecule has 1 aliphatic carbocycles. The van der Waals surface area contributed by atoms with Crippen LogP contribution in [0.2, 0.25) is 0 Å². The minimum Gasteiger partial charge on any atom is -0.455 e. The molecule has 0 saturated heterocycles. The summed E-state index contributed by atoms with van der Waals surface area (Å²) in [5, 5.41) is 0. The van der Waals surface area contributed by atoms with Crippen molar-refractivity contribution in [2.24, 2.45) is 5.92 Å². The van der Waals surface area contributed by atoms with Gasteiger partial charge in [0.1, 0.15) is 6.10 Å². The Morgan fingerprint density at radius 3 is 2.60 bits per heavy atom. The first-order valence-electron chi connectivity index (χ1n) is 5.73. The molecular weight excluding hydrogens is 188 g/mol. The Bertz CT molecular complexity index is 237. The van der Waals surface area contributed by atoms with Crippen molar-refractivity contribution < 1.29 is 9.53 Å². The lowest BCUT2D eigenvalue weighted by atomic mass is 9.85. The van der Waals surface area contributed by atoms with Crippen LogP contribution in [0.25, 0.3) is 0 Å². The van der Waals surface area contributed by atoms with Crippen LogP contribution in [0.15, 0.2) is 24.8 Å². The molecule has 0 radical (unpaired) electrons. The molecule has 0 aliphatic heterocycles. The highest BCUT2D eigenvalue weighted by molar-refractivity contribution is 5.82. The number of hydrogen-bond acceptors (Lipinski definition) is 2. The van der Waals surface area contributed by atoms with E-state index in [1.54, 1.807) is 12.2 Å². The second-order valence-electron chi connectivity index (χ2n) is 4.04. The molecule has 1 saturated carbocycles. The number of allylic oxidation sites excluding steroid dienone is 1. The third kappa shape index (κ3) is 3.90. The van der Waals surface area contributed by atoms with E-state index in [1.807, 2.05) is 6.92 Å². The lowest BCUT2D eigenvalue weighted by Gasteiger charge is -2.27. The predicted molar refractivity (Wildman–Crippen MR) is 61.5 cm³/mol. The van der Waals surface area contributed by atoms with Crippen molar-refractivity contribution in [3.8, 4) is 0 Å². The molecule has 1 aliphatic rings. The van der Waals surface area contributed by atoms with E-state index in [0.29, 0.717) is 5.92 Å². The van der Waals surface area contributed by atoms with Gasteiger partial charge in [-0.15, -0.1) is 0 Å².